The minimum Gasteiger partial charge on any atom is -0.497 e. The van der Waals surface area contributed by atoms with Crippen LogP contribution in [0.5, 0.6) is 5.75 Å². The molecule has 166 valence electrons. The van der Waals surface area contributed by atoms with E-state index in [1.165, 1.54) is 5.56 Å². The quantitative estimate of drug-likeness (QED) is 0.178. The molecule has 1 N–H and O–H groups in total. The maximum Gasteiger partial charge on any atom is 0.207 e. The van der Waals surface area contributed by atoms with Crippen LogP contribution >= 0.6 is 11.6 Å². The van der Waals surface area contributed by atoms with Crippen LogP contribution in [0, 0.1) is 11.5 Å². The number of aliphatic imine (C=N–C) groups is 1. The topological polar surface area (TPSA) is 76.8 Å². The van der Waals surface area contributed by atoms with Crippen molar-refractivity contribution in [3.8, 4) is 11.9 Å². The van der Waals surface area contributed by atoms with Crippen LogP contribution in [0.4, 0.5) is 0 Å². The summed E-state index contributed by atoms with van der Waals surface area (Å²) >= 11 is 5.93. The number of nitrogens with zero attached hydrogens (tertiary/aromatic N) is 5. The number of halogens is 1. The third kappa shape index (κ3) is 8.54. The monoisotopic (exact) mass is 442 g/mol. The first-order chi connectivity index (χ1) is 15.1. The molecule has 0 fully saturated rings. The molecule has 2 aromatic rings. The van der Waals surface area contributed by atoms with Gasteiger partial charge in [-0.25, -0.2) is 4.98 Å². The highest BCUT2D eigenvalue weighted by Gasteiger charge is 2.10. The molecule has 0 atom stereocenters. The van der Waals surface area contributed by atoms with Crippen molar-refractivity contribution < 1.29 is 4.74 Å². The van der Waals surface area contributed by atoms with E-state index in [9.17, 15) is 0 Å². The van der Waals surface area contributed by atoms with Gasteiger partial charge in [-0.2, -0.15) is 10.3 Å². The lowest BCUT2D eigenvalue weighted by Crippen LogP contribution is -2.40. The normalized spacial score (nSPS) is 11.4. The standard InChI is InChI=1S/C23H31ClN6O/c1-4-30(5-2)23(28-18-25)15-26-12-13-29(17-20-8-11-22(24)27-14-20)16-19-6-9-21(31-3)10-7-19/h6-11,14,26H,4-5,12-13,15-17H2,1-3H3. The number of hydrogen-bond donors (Lipinski definition) is 1. The Kier molecular flexibility index (Phi) is 10.8. The number of nitriles is 1. The maximum atomic E-state index is 8.98. The molecule has 0 saturated carbocycles. The fourth-order valence-corrected chi connectivity index (χ4v) is 3.38. The predicted octanol–water partition coefficient (Wildman–Crippen LogP) is 3.56. The molecule has 0 amide bonds. The van der Waals surface area contributed by atoms with Gasteiger partial charge in [0.15, 0.2) is 0 Å². The van der Waals surface area contributed by atoms with E-state index in [1.54, 1.807) is 7.11 Å². The molecule has 0 aliphatic heterocycles. The van der Waals surface area contributed by atoms with Crippen molar-refractivity contribution in [1.29, 1.82) is 5.26 Å². The second-order valence-corrected chi connectivity index (χ2v) is 7.41. The van der Waals surface area contributed by atoms with Crippen LogP contribution in [-0.4, -0.2) is 60.5 Å². The lowest BCUT2D eigenvalue weighted by Gasteiger charge is -2.25. The predicted molar refractivity (Wildman–Crippen MR) is 125 cm³/mol. The Hall–Kier alpha value is -2.66. The van der Waals surface area contributed by atoms with E-state index in [2.05, 4.69) is 51.1 Å². The molecule has 1 heterocycles. The minimum atomic E-state index is 0.493. The van der Waals surface area contributed by atoms with E-state index in [0.717, 1.165) is 56.4 Å². The largest absolute Gasteiger partial charge is 0.497 e. The molecule has 1 aromatic heterocycles. The summed E-state index contributed by atoms with van der Waals surface area (Å²) in [6, 6.07) is 11.9. The fourth-order valence-electron chi connectivity index (χ4n) is 3.27. The molecule has 0 aliphatic carbocycles. The molecular formula is C23H31ClN6O. The highest BCUT2D eigenvalue weighted by Crippen LogP contribution is 2.15. The van der Waals surface area contributed by atoms with Crippen molar-refractivity contribution in [2.45, 2.75) is 26.9 Å². The van der Waals surface area contributed by atoms with E-state index in [1.807, 2.05) is 36.7 Å². The SMILES string of the molecule is CCN(CC)C(CNCCN(Cc1ccc(OC)cc1)Cc1ccc(Cl)nc1)=NC#N. The van der Waals surface area contributed by atoms with Crippen molar-refractivity contribution in [1.82, 2.24) is 20.1 Å². The van der Waals surface area contributed by atoms with E-state index >= 15 is 0 Å². The number of pyridine rings is 1. The summed E-state index contributed by atoms with van der Waals surface area (Å²) in [6.07, 6.45) is 3.73. The van der Waals surface area contributed by atoms with Gasteiger partial charge >= 0.3 is 0 Å². The zero-order valence-corrected chi connectivity index (χ0v) is 19.3. The summed E-state index contributed by atoms with van der Waals surface area (Å²) in [5.41, 5.74) is 2.31. The average molecular weight is 443 g/mol. The first kappa shape index (κ1) is 24.6. The summed E-state index contributed by atoms with van der Waals surface area (Å²) in [4.78, 5) is 12.6. The van der Waals surface area contributed by atoms with Gasteiger partial charge in [-0.15, -0.1) is 0 Å². The van der Waals surface area contributed by atoms with Crippen LogP contribution in [0.1, 0.15) is 25.0 Å². The van der Waals surface area contributed by atoms with Gasteiger partial charge in [0, 0.05) is 45.5 Å². The van der Waals surface area contributed by atoms with Crippen molar-refractivity contribution in [3.05, 3.63) is 58.9 Å². The smallest absolute Gasteiger partial charge is 0.207 e. The first-order valence-electron chi connectivity index (χ1n) is 10.5. The van der Waals surface area contributed by atoms with Gasteiger partial charge in [-0.3, -0.25) is 4.90 Å². The van der Waals surface area contributed by atoms with E-state index < -0.39 is 0 Å². The van der Waals surface area contributed by atoms with Crippen LogP contribution in [0.25, 0.3) is 0 Å². The number of aromatic nitrogens is 1. The highest BCUT2D eigenvalue weighted by atomic mass is 35.5. The summed E-state index contributed by atoms with van der Waals surface area (Å²) in [5.74, 6) is 1.62. The molecule has 0 spiro atoms. The molecule has 7 nitrogen and oxygen atoms in total. The molecule has 0 bridgehead atoms. The molecule has 0 radical (unpaired) electrons. The van der Waals surface area contributed by atoms with E-state index in [0.29, 0.717) is 11.7 Å². The third-order valence-electron chi connectivity index (χ3n) is 4.96. The Balaban J connectivity index is 1.99. The number of ether oxygens (including phenoxy) is 1. The Morgan fingerprint density at radius 1 is 1.13 bits per heavy atom. The molecule has 31 heavy (non-hydrogen) atoms. The number of rotatable bonds is 12. The number of hydrogen-bond acceptors (Lipinski definition) is 6. The van der Waals surface area contributed by atoms with Gasteiger partial charge in [0.25, 0.3) is 0 Å². The highest BCUT2D eigenvalue weighted by molar-refractivity contribution is 6.29. The molecule has 0 unspecified atom stereocenters. The summed E-state index contributed by atoms with van der Waals surface area (Å²) in [6.45, 7) is 9.48. The third-order valence-corrected chi connectivity index (χ3v) is 5.18. The Labute approximate surface area is 190 Å². The van der Waals surface area contributed by atoms with E-state index in [4.69, 9.17) is 21.6 Å². The molecule has 0 aliphatic rings. The Morgan fingerprint density at radius 3 is 2.39 bits per heavy atom. The molecule has 8 heteroatoms. The van der Waals surface area contributed by atoms with Gasteiger partial charge in [0.2, 0.25) is 6.19 Å². The molecule has 1 aromatic carbocycles. The fraction of sp³-hybridized carbons (Fsp3) is 0.435. The second kappa shape index (κ2) is 13.6. The second-order valence-electron chi connectivity index (χ2n) is 7.02. The number of nitrogens with one attached hydrogen (secondary N) is 1. The number of methoxy groups -OCH3 is 1. The van der Waals surface area contributed by atoms with Crippen molar-refractivity contribution in [3.63, 3.8) is 0 Å². The van der Waals surface area contributed by atoms with Crippen LogP contribution in [0.2, 0.25) is 5.15 Å². The van der Waals surface area contributed by atoms with Gasteiger partial charge in [-0.05, 0) is 43.2 Å². The number of benzene rings is 1. The van der Waals surface area contributed by atoms with Crippen LogP contribution in [0.15, 0.2) is 47.6 Å². The molecular weight excluding hydrogens is 412 g/mol. The van der Waals surface area contributed by atoms with Gasteiger partial charge in [0.05, 0.1) is 13.7 Å². The van der Waals surface area contributed by atoms with E-state index in [-0.39, 0.29) is 0 Å². The Morgan fingerprint density at radius 2 is 1.81 bits per heavy atom. The van der Waals surface area contributed by atoms with Crippen molar-refractivity contribution >= 4 is 17.4 Å². The van der Waals surface area contributed by atoms with Crippen molar-refractivity contribution in [2.75, 3.05) is 39.8 Å². The lowest BCUT2D eigenvalue weighted by molar-refractivity contribution is 0.257. The lowest BCUT2D eigenvalue weighted by atomic mass is 10.2. The first-order valence-corrected chi connectivity index (χ1v) is 10.8. The number of amidine groups is 1. The average Bonchev–Trinajstić information content (AvgIpc) is 2.79. The van der Waals surface area contributed by atoms with Crippen LogP contribution < -0.4 is 10.1 Å². The zero-order chi connectivity index (χ0) is 22.5. The van der Waals surface area contributed by atoms with Crippen LogP contribution in [0.3, 0.4) is 0 Å². The molecule has 2 rings (SSSR count). The zero-order valence-electron chi connectivity index (χ0n) is 18.5. The van der Waals surface area contributed by atoms with Gasteiger partial charge < -0.3 is 15.0 Å². The number of likely N-dealkylation sites (N-methyl/N-ethyl adjacent to an activating group) is 1. The van der Waals surface area contributed by atoms with Gasteiger partial charge in [-0.1, -0.05) is 29.8 Å². The minimum absolute atomic E-state index is 0.493. The summed E-state index contributed by atoms with van der Waals surface area (Å²) < 4.78 is 5.26. The van der Waals surface area contributed by atoms with Crippen molar-refractivity contribution in [2.24, 2.45) is 4.99 Å². The molecule has 0 saturated heterocycles. The summed E-state index contributed by atoms with van der Waals surface area (Å²) in [7, 11) is 1.67. The van der Waals surface area contributed by atoms with Crippen LogP contribution in [-0.2, 0) is 13.1 Å². The maximum absolute atomic E-state index is 8.98. The Bertz CT molecular complexity index is 844. The summed E-state index contributed by atoms with van der Waals surface area (Å²) in [5, 5.41) is 12.9. The van der Waals surface area contributed by atoms with Gasteiger partial charge in [0.1, 0.15) is 16.7 Å².